The quantitative estimate of drug-likeness (QED) is 0.796. The highest BCUT2D eigenvalue weighted by Crippen LogP contribution is 2.23. The number of piperidine rings is 1. The van der Waals surface area contributed by atoms with Crippen molar-refractivity contribution in [3.05, 3.63) is 42.1 Å². The summed E-state index contributed by atoms with van der Waals surface area (Å²) in [6, 6.07) is 11.3. The van der Waals surface area contributed by atoms with Gasteiger partial charge in [-0.15, -0.1) is 0 Å². The minimum atomic E-state index is -0.303. The van der Waals surface area contributed by atoms with Crippen LogP contribution in [0, 0.1) is 11.3 Å². The lowest BCUT2D eigenvalue weighted by molar-refractivity contribution is 0.0672. The number of benzene rings is 1. The van der Waals surface area contributed by atoms with Crippen molar-refractivity contribution in [1.82, 2.24) is 9.88 Å². The van der Waals surface area contributed by atoms with E-state index in [0.29, 0.717) is 12.1 Å². The second-order valence-corrected chi connectivity index (χ2v) is 5.01. The zero-order valence-corrected chi connectivity index (χ0v) is 11.1. The van der Waals surface area contributed by atoms with Crippen LogP contribution < -0.4 is 0 Å². The average molecular weight is 265 g/mol. The molecule has 0 N–H and O–H groups in total. The number of carbonyl (C=O) groups is 1. The van der Waals surface area contributed by atoms with E-state index in [2.05, 4.69) is 11.1 Å². The molecule has 0 spiro atoms. The Morgan fingerprint density at radius 1 is 1.30 bits per heavy atom. The lowest BCUT2D eigenvalue weighted by Gasteiger charge is -2.31. The fraction of sp³-hybridized carbons (Fsp3) is 0.312. The van der Waals surface area contributed by atoms with Crippen LogP contribution in [0.25, 0.3) is 10.9 Å². The predicted molar refractivity (Wildman–Crippen MR) is 76.0 cm³/mol. The molecular formula is C16H15N3O. The van der Waals surface area contributed by atoms with E-state index in [1.807, 2.05) is 24.3 Å². The second kappa shape index (κ2) is 5.30. The summed E-state index contributed by atoms with van der Waals surface area (Å²) in [4.78, 5) is 18.7. The molecule has 0 radical (unpaired) electrons. The number of nitrogens with zero attached hydrogens (tertiary/aromatic N) is 3. The topological polar surface area (TPSA) is 57.0 Å². The first kappa shape index (κ1) is 12.6. The van der Waals surface area contributed by atoms with Gasteiger partial charge in [-0.2, -0.15) is 5.26 Å². The van der Waals surface area contributed by atoms with E-state index in [-0.39, 0.29) is 11.9 Å². The summed E-state index contributed by atoms with van der Waals surface area (Å²) in [5, 5.41) is 10.1. The first-order valence-corrected chi connectivity index (χ1v) is 6.85. The zero-order chi connectivity index (χ0) is 13.9. The van der Waals surface area contributed by atoms with Crippen LogP contribution in [-0.4, -0.2) is 28.4 Å². The molecule has 100 valence electrons. The molecule has 0 aliphatic carbocycles. The van der Waals surface area contributed by atoms with Gasteiger partial charge in [-0.25, -0.2) is 0 Å². The SMILES string of the molecule is N#CC1CCCCN1C(=O)c1ccnc2ccccc12. The Labute approximate surface area is 117 Å². The van der Waals surface area contributed by atoms with Gasteiger partial charge in [0.05, 0.1) is 17.1 Å². The third-order valence-corrected chi connectivity index (χ3v) is 3.79. The van der Waals surface area contributed by atoms with E-state index >= 15 is 0 Å². The molecule has 1 aliphatic rings. The monoisotopic (exact) mass is 265 g/mol. The van der Waals surface area contributed by atoms with Crippen LogP contribution in [-0.2, 0) is 0 Å². The van der Waals surface area contributed by atoms with Crippen molar-refractivity contribution in [2.45, 2.75) is 25.3 Å². The van der Waals surface area contributed by atoms with Crippen LogP contribution in [0.5, 0.6) is 0 Å². The Balaban J connectivity index is 2.02. The highest BCUT2D eigenvalue weighted by Gasteiger charge is 2.28. The molecule has 4 heteroatoms. The van der Waals surface area contributed by atoms with E-state index in [0.717, 1.165) is 30.2 Å². The van der Waals surface area contributed by atoms with E-state index in [1.54, 1.807) is 17.2 Å². The Bertz CT molecular complexity index is 684. The van der Waals surface area contributed by atoms with Gasteiger partial charge >= 0.3 is 0 Å². The van der Waals surface area contributed by atoms with Gasteiger partial charge in [-0.3, -0.25) is 9.78 Å². The van der Waals surface area contributed by atoms with Gasteiger partial charge in [-0.1, -0.05) is 18.2 Å². The van der Waals surface area contributed by atoms with Crippen molar-refractivity contribution in [3.8, 4) is 6.07 Å². The molecule has 1 aromatic carbocycles. The number of para-hydroxylation sites is 1. The number of hydrogen-bond donors (Lipinski definition) is 0. The largest absolute Gasteiger partial charge is 0.323 e. The summed E-state index contributed by atoms with van der Waals surface area (Å²) >= 11 is 0. The summed E-state index contributed by atoms with van der Waals surface area (Å²) in [6.07, 6.45) is 4.40. The maximum absolute atomic E-state index is 12.7. The number of carbonyl (C=O) groups excluding carboxylic acids is 1. The molecule has 2 heterocycles. The Morgan fingerprint density at radius 2 is 2.15 bits per heavy atom. The lowest BCUT2D eigenvalue weighted by Crippen LogP contribution is -2.43. The van der Waals surface area contributed by atoms with Crippen LogP contribution >= 0.6 is 0 Å². The Kier molecular flexibility index (Phi) is 3.34. The third-order valence-electron chi connectivity index (χ3n) is 3.79. The van der Waals surface area contributed by atoms with Crippen LogP contribution in [0.4, 0.5) is 0 Å². The molecule has 0 bridgehead atoms. The standard InChI is InChI=1S/C16H15N3O/c17-11-12-5-3-4-10-19(12)16(20)14-8-9-18-15-7-2-1-6-13(14)15/h1-2,6-9,12H,3-5,10H2. The number of pyridine rings is 1. The third kappa shape index (κ3) is 2.12. The lowest BCUT2D eigenvalue weighted by atomic mass is 10.0. The summed E-state index contributed by atoms with van der Waals surface area (Å²) in [5.41, 5.74) is 1.45. The number of nitriles is 1. The van der Waals surface area contributed by atoms with Gasteiger partial charge < -0.3 is 4.90 Å². The van der Waals surface area contributed by atoms with Crippen molar-refractivity contribution >= 4 is 16.8 Å². The maximum Gasteiger partial charge on any atom is 0.255 e. The Hall–Kier alpha value is -2.41. The van der Waals surface area contributed by atoms with Crippen LogP contribution in [0.15, 0.2) is 36.5 Å². The molecule has 0 saturated carbocycles. The van der Waals surface area contributed by atoms with E-state index in [4.69, 9.17) is 0 Å². The number of likely N-dealkylation sites (tertiary alicyclic amines) is 1. The van der Waals surface area contributed by atoms with Gasteiger partial charge in [0.2, 0.25) is 0 Å². The van der Waals surface area contributed by atoms with Crippen LogP contribution in [0.2, 0.25) is 0 Å². The van der Waals surface area contributed by atoms with Crippen molar-refractivity contribution in [2.75, 3.05) is 6.54 Å². The van der Waals surface area contributed by atoms with Crippen molar-refractivity contribution in [3.63, 3.8) is 0 Å². The molecule has 2 aromatic rings. The smallest absolute Gasteiger partial charge is 0.255 e. The average Bonchev–Trinajstić information content (AvgIpc) is 2.53. The highest BCUT2D eigenvalue weighted by atomic mass is 16.2. The molecule has 1 atom stereocenters. The molecule has 1 aliphatic heterocycles. The normalized spacial score (nSPS) is 18.8. The molecule has 20 heavy (non-hydrogen) atoms. The van der Waals surface area contributed by atoms with Gasteiger partial charge in [0.15, 0.2) is 0 Å². The highest BCUT2D eigenvalue weighted by molar-refractivity contribution is 6.06. The summed E-state index contributed by atoms with van der Waals surface area (Å²) in [7, 11) is 0. The summed E-state index contributed by atoms with van der Waals surface area (Å²) < 4.78 is 0. The predicted octanol–water partition coefficient (Wildman–Crippen LogP) is 2.75. The summed E-state index contributed by atoms with van der Waals surface area (Å²) in [5.74, 6) is -0.0603. The molecule has 1 saturated heterocycles. The van der Waals surface area contributed by atoms with Crippen molar-refractivity contribution in [1.29, 1.82) is 5.26 Å². The van der Waals surface area contributed by atoms with Crippen LogP contribution in [0.3, 0.4) is 0 Å². The fourth-order valence-electron chi connectivity index (χ4n) is 2.75. The number of hydrogen-bond acceptors (Lipinski definition) is 3. The van der Waals surface area contributed by atoms with Gasteiger partial charge in [-0.05, 0) is 31.4 Å². The Morgan fingerprint density at radius 3 is 3.00 bits per heavy atom. The number of fused-ring (bicyclic) bond motifs is 1. The maximum atomic E-state index is 12.7. The second-order valence-electron chi connectivity index (χ2n) is 5.01. The van der Waals surface area contributed by atoms with E-state index in [9.17, 15) is 10.1 Å². The first-order valence-electron chi connectivity index (χ1n) is 6.85. The van der Waals surface area contributed by atoms with Gasteiger partial charge in [0.1, 0.15) is 6.04 Å². The van der Waals surface area contributed by atoms with E-state index < -0.39 is 0 Å². The van der Waals surface area contributed by atoms with E-state index in [1.165, 1.54) is 0 Å². The number of rotatable bonds is 1. The minimum Gasteiger partial charge on any atom is -0.323 e. The zero-order valence-electron chi connectivity index (χ0n) is 11.1. The van der Waals surface area contributed by atoms with Crippen molar-refractivity contribution < 1.29 is 4.79 Å². The molecule has 1 amide bonds. The number of amides is 1. The minimum absolute atomic E-state index is 0.0603. The van der Waals surface area contributed by atoms with Crippen LogP contribution in [0.1, 0.15) is 29.6 Å². The molecule has 4 nitrogen and oxygen atoms in total. The number of aromatic nitrogens is 1. The van der Waals surface area contributed by atoms with Gasteiger partial charge in [0, 0.05) is 18.1 Å². The first-order chi connectivity index (χ1) is 9.81. The molecule has 1 aromatic heterocycles. The van der Waals surface area contributed by atoms with Crippen molar-refractivity contribution in [2.24, 2.45) is 0 Å². The molecule has 3 rings (SSSR count). The molecule has 1 unspecified atom stereocenters. The summed E-state index contributed by atoms with van der Waals surface area (Å²) in [6.45, 7) is 0.660. The molecule has 1 fully saturated rings. The van der Waals surface area contributed by atoms with Gasteiger partial charge in [0.25, 0.3) is 5.91 Å². The fourth-order valence-corrected chi connectivity index (χ4v) is 2.75. The molecular weight excluding hydrogens is 250 g/mol.